The molecule has 0 aliphatic heterocycles. The number of hydrogen-bond acceptors (Lipinski definition) is 3. The summed E-state index contributed by atoms with van der Waals surface area (Å²) in [6.45, 7) is -0.0510. The van der Waals surface area contributed by atoms with Gasteiger partial charge in [0, 0.05) is 19.1 Å². The van der Waals surface area contributed by atoms with Crippen LogP contribution in [0, 0.1) is 11.6 Å². The highest BCUT2D eigenvalue weighted by Gasteiger charge is 2.08. The van der Waals surface area contributed by atoms with Crippen molar-refractivity contribution in [1.82, 2.24) is 15.0 Å². The van der Waals surface area contributed by atoms with Gasteiger partial charge in [-0.25, -0.2) is 13.5 Å². The highest BCUT2D eigenvalue weighted by Crippen LogP contribution is 2.13. The van der Waals surface area contributed by atoms with Gasteiger partial charge in [-0.05, 0) is 12.1 Å². The van der Waals surface area contributed by atoms with Gasteiger partial charge in [0.2, 0.25) is 0 Å². The zero-order valence-corrected chi connectivity index (χ0v) is 8.27. The summed E-state index contributed by atoms with van der Waals surface area (Å²) in [5.74, 6) is -1.35. The summed E-state index contributed by atoms with van der Waals surface area (Å²) in [5, 5.41) is 16.1. The molecule has 0 spiro atoms. The molecule has 0 saturated heterocycles. The Labute approximate surface area is 90.1 Å². The van der Waals surface area contributed by atoms with Crippen LogP contribution in [-0.4, -0.2) is 26.7 Å². The summed E-state index contributed by atoms with van der Waals surface area (Å²) >= 11 is 0. The van der Waals surface area contributed by atoms with Gasteiger partial charge in [-0.1, -0.05) is 5.21 Å². The minimum Gasteiger partial charge on any atom is -0.396 e. The van der Waals surface area contributed by atoms with Crippen molar-refractivity contribution < 1.29 is 13.9 Å². The van der Waals surface area contributed by atoms with Gasteiger partial charge in [-0.2, -0.15) is 0 Å². The van der Waals surface area contributed by atoms with Crippen LogP contribution in [0.25, 0.3) is 5.69 Å². The van der Waals surface area contributed by atoms with E-state index >= 15 is 0 Å². The van der Waals surface area contributed by atoms with Crippen LogP contribution >= 0.6 is 0 Å². The summed E-state index contributed by atoms with van der Waals surface area (Å²) in [4.78, 5) is 0. The third-order valence-corrected chi connectivity index (χ3v) is 2.07. The van der Waals surface area contributed by atoms with Crippen LogP contribution in [0.3, 0.4) is 0 Å². The van der Waals surface area contributed by atoms with Gasteiger partial charge in [0.05, 0.1) is 11.9 Å². The van der Waals surface area contributed by atoms with Crippen LogP contribution in [0.2, 0.25) is 0 Å². The Morgan fingerprint density at radius 1 is 1.31 bits per heavy atom. The summed E-state index contributed by atoms with van der Waals surface area (Å²) in [6.07, 6.45) is 1.84. The van der Waals surface area contributed by atoms with Crippen molar-refractivity contribution in [3.05, 3.63) is 41.7 Å². The number of aliphatic hydroxyl groups excluding tert-OH is 1. The van der Waals surface area contributed by atoms with Gasteiger partial charge in [0.25, 0.3) is 0 Å². The molecule has 2 aromatic rings. The van der Waals surface area contributed by atoms with Crippen LogP contribution in [0.5, 0.6) is 0 Å². The van der Waals surface area contributed by atoms with E-state index in [9.17, 15) is 8.78 Å². The largest absolute Gasteiger partial charge is 0.396 e. The second-order valence-corrected chi connectivity index (χ2v) is 3.22. The number of hydrogen-bond donors (Lipinski definition) is 1. The molecule has 1 aromatic heterocycles. The number of aromatic nitrogens is 3. The van der Waals surface area contributed by atoms with Crippen molar-refractivity contribution in [3.63, 3.8) is 0 Å². The molecule has 2 rings (SSSR count). The smallest absolute Gasteiger partial charge is 0.151 e. The predicted octanol–water partition coefficient (Wildman–Crippen LogP) is 1.08. The maximum Gasteiger partial charge on any atom is 0.151 e. The second-order valence-electron chi connectivity index (χ2n) is 3.22. The molecule has 1 N–H and O–H groups in total. The zero-order valence-electron chi connectivity index (χ0n) is 8.27. The van der Waals surface area contributed by atoms with Crippen molar-refractivity contribution in [3.8, 4) is 5.69 Å². The van der Waals surface area contributed by atoms with Crippen molar-refractivity contribution >= 4 is 0 Å². The van der Waals surface area contributed by atoms with Crippen LogP contribution in [-0.2, 0) is 6.42 Å². The average Bonchev–Trinajstić information content (AvgIpc) is 2.67. The fourth-order valence-electron chi connectivity index (χ4n) is 1.31. The molecule has 0 fully saturated rings. The fourth-order valence-corrected chi connectivity index (χ4v) is 1.31. The molecular weight excluding hydrogens is 216 g/mol. The fraction of sp³-hybridized carbons (Fsp3) is 0.200. The van der Waals surface area contributed by atoms with Gasteiger partial charge in [0.1, 0.15) is 11.5 Å². The molecule has 0 aliphatic carbocycles. The SMILES string of the molecule is OCCc1cn(-c2ccc(F)cc2F)nn1. The van der Waals surface area contributed by atoms with Gasteiger partial charge >= 0.3 is 0 Å². The average molecular weight is 225 g/mol. The third-order valence-electron chi connectivity index (χ3n) is 2.07. The van der Waals surface area contributed by atoms with E-state index < -0.39 is 11.6 Å². The molecule has 0 aliphatic rings. The Bertz CT molecular complexity index is 499. The quantitative estimate of drug-likeness (QED) is 0.850. The number of rotatable bonds is 3. The lowest BCUT2D eigenvalue weighted by molar-refractivity contribution is 0.298. The van der Waals surface area contributed by atoms with Gasteiger partial charge < -0.3 is 5.11 Å². The molecule has 1 heterocycles. The standard InChI is InChI=1S/C10H9F2N3O/c11-7-1-2-10(9(12)5-7)15-6-8(3-4-16)13-14-15/h1-2,5-6,16H,3-4H2. The van der Waals surface area contributed by atoms with Crippen LogP contribution < -0.4 is 0 Å². The molecule has 1 aromatic carbocycles. The number of halogens is 2. The molecular formula is C10H9F2N3O. The van der Waals surface area contributed by atoms with E-state index in [1.54, 1.807) is 0 Å². The van der Waals surface area contributed by atoms with E-state index in [1.807, 2.05) is 0 Å². The number of benzene rings is 1. The van der Waals surface area contributed by atoms with E-state index in [2.05, 4.69) is 10.3 Å². The topological polar surface area (TPSA) is 50.9 Å². The molecule has 0 unspecified atom stereocenters. The van der Waals surface area contributed by atoms with Gasteiger partial charge in [-0.3, -0.25) is 0 Å². The Hall–Kier alpha value is -1.82. The highest BCUT2D eigenvalue weighted by atomic mass is 19.1. The molecule has 84 valence electrons. The lowest BCUT2D eigenvalue weighted by atomic mass is 10.3. The van der Waals surface area contributed by atoms with Crippen LogP contribution in [0.1, 0.15) is 5.69 Å². The predicted molar refractivity (Wildman–Crippen MR) is 52.1 cm³/mol. The Morgan fingerprint density at radius 2 is 2.12 bits per heavy atom. The molecule has 16 heavy (non-hydrogen) atoms. The molecule has 0 bridgehead atoms. The first-order chi connectivity index (χ1) is 7.70. The maximum atomic E-state index is 13.4. The molecule has 6 heteroatoms. The molecule has 4 nitrogen and oxygen atoms in total. The first-order valence-electron chi connectivity index (χ1n) is 4.68. The zero-order chi connectivity index (χ0) is 11.5. The van der Waals surface area contributed by atoms with Crippen molar-refractivity contribution in [1.29, 1.82) is 0 Å². The summed E-state index contributed by atoms with van der Waals surface area (Å²) < 4.78 is 27.2. The number of nitrogens with zero attached hydrogens (tertiary/aromatic N) is 3. The second kappa shape index (κ2) is 4.36. The first-order valence-corrected chi connectivity index (χ1v) is 4.68. The normalized spacial score (nSPS) is 10.7. The van der Waals surface area contributed by atoms with Crippen molar-refractivity contribution in [2.75, 3.05) is 6.61 Å². The Balaban J connectivity index is 2.35. The van der Waals surface area contributed by atoms with Gasteiger partial charge in [0.15, 0.2) is 5.82 Å². The van der Waals surface area contributed by atoms with E-state index in [0.29, 0.717) is 12.1 Å². The van der Waals surface area contributed by atoms with Crippen molar-refractivity contribution in [2.24, 2.45) is 0 Å². The summed E-state index contributed by atoms with van der Waals surface area (Å²) in [7, 11) is 0. The minimum atomic E-state index is -0.708. The van der Waals surface area contributed by atoms with E-state index in [-0.39, 0.29) is 12.3 Å². The maximum absolute atomic E-state index is 13.4. The van der Waals surface area contributed by atoms with Crippen LogP contribution in [0.15, 0.2) is 24.4 Å². The lowest BCUT2D eigenvalue weighted by Crippen LogP contribution is -1.99. The summed E-state index contributed by atoms with van der Waals surface area (Å²) in [6, 6.07) is 3.20. The lowest BCUT2D eigenvalue weighted by Gasteiger charge is -2.01. The highest BCUT2D eigenvalue weighted by molar-refractivity contribution is 5.32. The molecule has 0 atom stereocenters. The molecule has 0 radical (unpaired) electrons. The first kappa shape index (κ1) is 10.7. The molecule has 0 saturated carbocycles. The summed E-state index contributed by atoms with van der Waals surface area (Å²) in [5.41, 5.74) is 0.671. The Morgan fingerprint density at radius 3 is 2.81 bits per heavy atom. The van der Waals surface area contributed by atoms with Crippen LogP contribution in [0.4, 0.5) is 8.78 Å². The monoisotopic (exact) mass is 225 g/mol. The van der Waals surface area contributed by atoms with Gasteiger partial charge in [-0.15, -0.1) is 5.10 Å². The molecule has 0 amide bonds. The third kappa shape index (κ3) is 2.06. The van der Waals surface area contributed by atoms with E-state index in [0.717, 1.165) is 12.1 Å². The minimum absolute atomic E-state index is 0.0510. The number of aliphatic hydroxyl groups is 1. The van der Waals surface area contributed by atoms with E-state index in [4.69, 9.17) is 5.11 Å². The Kier molecular flexibility index (Phi) is 2.91. The van der Waals surface area contributed by atoms with Crippen molar-refractivity contribution in [2.45, 2.75) is 6.42 Å². The van der Waals surface area contributed by atoms with E-state index in [1.165, 1.54) is 16.9 Å².